The summed E-state index contributed by atoms with van der Waals surface area (Å²) in [7, 11) is 0. The van der Waals surface area contributed by atoms with Crippen molar-refractivity contribution in [3.8, 4) is 11.5 Å². The van der Waals surface area contributed by atoms with Gasteiger partial charge in [0.2, 0.25) is 0 Å². The first-order valence-corrected chi connectivity index (χ1v) is 5.05. The van der Waals surface area contributed by atoms with Crippen LogP contribution in [0.3, 0.4) is 0 Å². The van der Waals surface area contributed by atoms with Crippen molar-refractivity contribution in [2.75, 3.05) is 19.8 Å². The Hall–Kier alpha value is -1.43. The van der Waals surface area contributed by atoms with Gasteiger partial charge < -0.3 is 14.6 Å². The van der Waals surface area contributed by atoms with E-state index in [1.807, 2.05) is 0 Å². The Morgan fingerprint density at radius 3 is 2.18 bits per heavy atom. The minimum absolute atomic E-state index is 0.0361. The molecule has 3 nitrogen and oxygen atoms in total. The molecule has 96 valence electrons. The highest BCUT2D eigenvalue weighted by molar-refractivity contribution is 5.39. The van der Waals surface area contributed by atoms with Crippen molar-refractivity contribution < 1.29 is 27.8 Å². The summed E-state index contributed by atoms with van der Waals surface area (Å²) < 4.78 is 45.8. The van der Waals surface area contributed by atoms with Gasteiger partial charge in [0, 0.05) is 13.0 Å². The number of hydrogen-bond donors (Lipinski definition) is 1. The van der Waals surface area contributed by atoms with Crippen molar-refractivity contribution in [1.29, 1.82) is 0 Å². The van der Waals surface area contributed by atoms with Crippen LogP contribution in [-0.2, 0) is 0 Å². The summed E-state index contributed by atoms with van der Waals surface area (Å²) in [6.45, 7) is -1.16. The van der Waals surface area contributed by atoms with E-state index in [9.17, 15) is 13.2 Å². The predicted octanol–water partition coefficient (Wildman–Crippen LogP) is 2.39. The van der Waals surface area contributed by atoms with Crippen molar-refractivity contribution in [2.24, 2.45) is 0 Å². The van der Waals surface area contributed by atoms with Gasteiger partial charge in [-0.1, -0.05) is 12.1 Å². The van der Waals surface area contributed by atoms with E-state index < -0.39 is 12.8 Å². The molecule has 0 heterocycles. The van der Waals surface area contributed by atoms with Gasteiger partial charge >= 0.3 is 6.18 Å². The molecule has 6 heteroatoms. The summed E-state index contributed by atoms with van der Waals surface area (Å²) in [5.41, 5.74) is 0. The predicted molar refractivity (Wildman–Crippen MR) is 55.2 cm³/mol. The van der Waals surface area contributed by atoms with E-state index in [4.69, 9.17) is 9.84 Å². The molecule has 0 saturated heterocycles. The maximum Gasteiger partial charge on any atom is 0.422 e. The first kappa shape index (κ1) is 13.6. The van der Waals surface area contributed by atoms with Crippen LogP contribution in [0.4, 0.5) is 13.2 Å². The number of para-hydroxylation sites is 2. The summed E-state index contributed by atoms with van der Waals surface area (Å²) in [6.07, 6.45) is -3.97. The fourth-order valence-corrected chi connectivity index (χ4v) is 1.09. The molecule has 1 aromatic carbocycles. The van der Waals surface area contributed by atoms with E-state index >= 15 is 0 Å². The van der Waals surface area contributed by atoms with Gasteiger partial charge in [0.15, 0.2) is 18.1 Å². The maximum absolute atomic E-state index is 12.0. The molecule has 0 fully saturated rings. The van der Waals surface area contributed by atoms with Crippen molar-refractivity contribution in [1.82, 2.24) is 0 Å². The summed E-state index contributed by atoms with van der Waals surface area (Å²) >= 11 is 0. The van der Waals surface area contributed by atoms with E-state index in [1.165, 1.54) is 12.1 Å². The number of aliphatic hydroxyl groups excluding tert-OH is 1. The van der Waals surface area contributed by atoms with Crippen LogP contribution >= 0.6 is 0 Å². The van der Waals surface area contributed by atoms with Crippen LogP contribution in [0.1, 0.15) is 6.42 Å². The SMILES string of the molecule is OCCCOc1ccccc1OCC(F)(F)F. The number of benzene rings is 1. The lowest BCUT2D eigenvalue weighted by atomic mass is 10.3. The van der Waals surface area contributed by atoms with E-state index in [0.717, 1.165) is 0 Å². The lowest BCUT2D eigenvalue weighted by Gasteiger charge is -2.13. The second-order valence-corrected chi connectivity index (χ2v) is 3.28. The van der Waals surface area contributed by atoms with Crippen LogP contribution < -0.4 is 9.47 Å². The summed E-state index contributed by atoms with van der Waals surface area (Å²) in [4.78, 5) is 0. The number of hydrogen-bond acceptors (Lipinski definition) is 3. The largest absolute Gasteiger partial charge is 0.490 e. The number of aliphatic hydroxyl groups is 1. The fourth-order valence-electron chi connectivity index (χ4n) is 1.09. The Morgan fingerprint density at radius 2 is 1.65 bits per heavy atom. The van der Waals surface area contributed by atoms with Crippen molar-refractivity contribution in [3.63, 3.8) is 0 Å². The van der Waals surface area contributed by atoms with E-state index in [-0.39, 0.29) is 24.7 Å². The number of alkyl halides is 3. The molecular weight excluding hydrogens is 237 g/mol. The summed E-state index contributed by atoms with van der Waals surface area (Å²) in [6, 6.07) is 6.11. The van der Waals surface area contributed by atoms with Crippen LogP contribution in [0.2, 0.25) is 0 Å². The molecule has 0 aliphatic carbocycles. The molecule has 0 spiro atoms. The van der Waals surface area contributed by atoms with Crippen molar-refractivity contribution >= 4 is 0 Å². The first-order valence-electron chi connectivity index (χ1n) is 5.05. The van der Waals surface area contributed by atoms with Crippen LogP contribution in [0.5, 0.6) is 11.5 Å². The third kappa shape index (κ3) is 5.44. The van der Waals surface area contributed by atoms with Crippen molar-refractivity contribution in [2.45, 2.75) is 12.6 Å². The Balaban J connectivity index is 2.58. The monoisotopic (exact) mass is 250 g/mol. The normalized spacial score (nSPS) is 11.3. The fraction of sp³-hybridized carbons (Fsp3) is 0.455. The molecule has 17 heavy (non-hydrogen) atoms. The zero-order valence-corrected chi connectivity index (χ0v) is 9.04. The third-order valence-corrected chi connectivity index (χ3v) is 1.80. The molecule has 0 unspecified atom stereocenters. The molecule has 1 N–H and O–H groups in total. The van der Waals surface area contributed by atoms with Gasteiger partial charge in [-0.25, -0.2) is 0 Å². The minimum atomic E-state index is -4.38. The molecule has 0 saturated carbocycles. The van der Waals surface area contributed by atoms with Crippen LogP contribution in [0.15, 0.2) is 24.3 Å². The highest BCUT2D eigenvalue weighted by atomic mass is 19.4. The standard InChI is InChI=1S/C11H13F3O3/c12-11(13,14)8-17-10-5-2-1-4-9(10)16-7-3-6-15/h1-2,4-5,15H,3,6-8H2. The van der Waals surface area contributed by atoms with E-state index in [0.29, 0.717) is 6.42 Å². The molecule has 0 radical (unpaired) electrons. The number of halogens is 3. The Kier molecular flexibility index (Phi) is 5.09. The first-order chi connectivity index (χ1) is 8.03. The third-order valence-electron chi connectivity index (χ3n) is 1.80. The molecular formula is C11H13F3O3. The Morgan fingerprint density at radius 1 is 1.06 bits per heavy atom. The van der Waals surface area contributed by atoms with Gasteiger partial charge in [-0.05, 0) is 12.1 Å². The lowest BCUT2D eigenvalue weighted by Crippen LogP contribution is -2.19. The number of rotatable bonds is 6. The minimum Gasteiger partial charge on any atom is -0.490 e. The van der Waals surface area contributed by atoms with Gasteiger partial charge in [0.1, 0.15) is 0 Å². The Labute approximate surface area is 96.8 Å². The summed E-state index contributed by atoms with van der Waals surface area (Å²) in [5.74, 6) is 0.285. The second kappa shape index (κ2) is 6.34. The quantitative estimate of drug-likeness (QED) is 0.788. The average Bonchev–Trinajstić information content (AvgIpc) is 2.27. The van der Waals surface area contributed by atoms with Gasteiger partial charge in [0.05, 0.1) is 6.61 Å². The highest BCUT2D eigenvalue weighted by Gasteiger charge is 2.28. The topological polar surface area (TPSA) is 38.7 Å². The lowest BCUT2D eigenvalue weighted by molar-refractivity contribution is -0.153. The molecule has 0 atom stereocenters. The van der Waals surface area contributed by atoms with Crippen LogP contribution in [0.25, 0.3) is 0 Å². The maximum atomic E-state index is 12.0. The second-order valence-electron chi connectivity index (χ2n) is 3.28. The van der Waals surface area contributed by atoms with E-state index in [2.05, 4.69) is 4.74 Å². The van der Waals surface area contributed by atoms with Crippen LogP contribution in [-0.4, -0.2) is 31.1 Å². The van der Waals surface area contributed by atoms with Gasteiger partial charge in [0.25, 0.3) is 0 Å². The highest BCUT2D eigenvalue weighted by Crippen LogP contribution is 2.28. The molecule has 0 aromatic heterocycles. The molecule has 0 bridgehead atoms. The molecule has 0 aliphatic heterocycles. The molecule has 0 aliphatic rings. The number of ether oxygens (including phenoxy) is 2. The van der Waals surface area contributed by atoms with Gasteiger partial charge in [-0.15, -0.1) is 0 Å². The molecule has 1 aromatic rings. The van der Waals surface area contributed by atoms with Gasteiger partial charge in [-0.2, -0.15) is 13.2 Å². The molecule has 1 rings (SSSR count). The van der Waals surface area contributed by atoms with E-state index in [1.54, 1.807) is 12.1 Å². The van der Waals surface area contributed by atoms with Gasteiger partial charge in [-0.3, -0.25) is 0 Å². The Bertz CT molecular complexity index is 339. The van der Waals surface area contributed by atoms with Crippen molar-refractivity contribution in [3.05, 3.63) is 24.3 Å². The average molecular weight is 250 g/mol. The molecule has 0 amide bonds. The summed E-state index contributed by atoms with van der Waals surface area (Å²) in [5, 5.41) is 8.56. The zero-order valence-electron chi connectivity index (χ0n) is 9.04. The zero-order chi connectivity index (χ0) is 12.7. The smallest absolute Gasteiger partial charge is 0.422 e. The van der Waals surface area contributed by atoms with Crippen LogP contribution in [0, 0.1) is 0 Å².